The van der Waals surface area contributed by atoms with Gasteiger partial charge in [0, 0.05) is 5.02 Å². The van der Waals surface area contributed by atoms with Gasteiger partial charge in [0.1, 0.15) is 0 Å². The van der Waals surface area contributed by atoms with E-state index in [1.165, 1.54) is 0 Å². The number of rotatable bonds is 3. The van der Waals surface area contributed by atoms with E-state index in [-0.39, 0.29) is 0 Å². The number of benzene rings is 1. The highest BCUT2D eigenvalue weighted by Crippen LogP contribution is 2.10. The first kappa shape index (κ1) is 10.8. The average Bonchev–Trinajstić information content (AvgIpc) is 2.22. The molecule has 0 saturated heterocycles. The number of halogens is 1. The van der Waals surface area contributed by atoms with Gasteiger partial charge in [-0.1, -0.05) is 41.9 Å². The van der Waals surface area contributed by atoms with Crippen molar-refractivity contribution < 1.29 is 5.21 Å². The normalized spacial score (nSPS) is 12.3. The smallest absolute Gasteiger partial charge is 0.0793 e. The van der Waals surface area contributed by atoms with Gasteiger partial charge in [0.25, 0.3) is 0 Å². The van der Waals surface area contributed by atoms with Gasteiger partial charge in [-0.15, -0.1) is 0 Å². The minimum atomic E-state index is 0.653. The van der Waals surface area contributed by atoms with Crippen molar-refractivity contribution in [2.24, 2.45) is 5.16 Å². The number of hydrogen-bond acceptors (Lipinski definition) is 2. The third-order valence-electron chi connectivity index (χ3n) is 1.83. The molecule has 1 rings (SSSR count). The van der Waals surface area contributed by atoms with E-state index in [2.05, 4.69) is 5.16 Å². The van der Waals surface area contributed by atoms with Crippen molar-refractivity contribution in [3.05, 3.63) is 40.9 Å². The quantitative estimate of drug-likeness (QED) is 0.461. The molecule has 0 aliphatic carbocycles. The molecule has 0 radical (unpaired) electrons. The highest BCUT2D eigenvalue weighted by molar-refractivity contribution is 6.30. The highest BCUT2D eigenvalue weighted by atomic mass is 35.5. The molecule has 0 unspecified atom stereocenters. The fraction of sp³-hybridized carbons (Fsp3) is 0.182. The van der Waals surface area contributed by atoms with Crippen molar-refractivity contribution in [3.8, 4) is 0 Å². The first-order valence-electron chi connectivity index (χ1n) is 4.41. The van der Waals surface area contributed by atoms with E-state index in [0.29, 0.717) is 17.2 Å². The molecule has 0 saturated carbocycles. The molecule has 1 aromatic rings. The van der Waals surface area contributed by atoms with Crippen LogP contribution in [-0.4, -0.2) is 10.9 Å². The molecule has 0 bridgehead atoms. The Morgan fingerprint density at radius 3 is 2.57 bits per heavy atom. The van der Waals surface area contributed by atoms with Crippen molar-refractivity contribution in [1.82, 2.24) is 0 Å². The second-order valence-corrected chi connectivity index (χ2v) is 3.27. The van der Waals surface area contributed by atoms with Gasteiger partial charge in [-0.25, -0.2) is 0 Å². The molecule has 0 heterocycles. The molecular weight excluding hydrogens is 198 g/mol. The van der Waals surface area contributed by atoms with E-state index in [1.807, 2.05) is 37.3 Å². The molecule has 0 atom stereocenters. The average molecular weight is 210 g/mol. The lowest BCUT2D eigenvalue weighted by Gasteiger charge is -1.94. The van der Waals surface area contributed by atoms with Crippen molar-refractivity contribution in [2.75, 3.05) is 0 Å². The lowest BCUT2D eigenvalue weighted by molar-refractivity contribution is 0.318. The van der Waals surface area contributed by atoms with Gasteiger partial charge in [-0.2, -0.15) is 0 Å². The lowest BCUT2D eigenvalue weighted by atomic mass is 10.2. The van der Waals surface area contributed by atoms with Crippen LogP contribution in [-0.2, 0) is 0 Å². The zero-order valence-electron chi connectivity index (χ0n) is 7.94. The predicted molar refractivity (Wildman–Crippen MR) is 60.0 cm³/mol. The number of nitrogens with zero attached hydrogens (tertiary/aromatic N) is 1. The topological polar surface area (TPSA) is 32.6 Å². The van der Waals surface area contributed by atoms with Crippen LogP contribution in [0.4, 0.5) is 0 Å². The summed E-state index contributed by atoms with van der Waals surface area (Å²) in [6.45, 7) is 1.93. The van der Waals surface area contributed by atoms with Gasteiger partial charge in [0.05, 0.1) is 5.71 Å². The summed E-state index contributed by atoms with van der Waals surface area (Å²) in [6.07, 6.45) is 4.37. The monoisotopic (exact) mass is 209 g/mol. The Morgan fingerprint density at radius 1 is 1.43 bits per heavy atom. The standard InChI is InChI=1S/C11H12ClNO/c1-2-11(13-14)8-5-9-3-6-10(12)7-4-9/h3-8,14H,2H2,1H3/b8-5+,13-11+. The zero-order chi connectivity index (χ0) is 10.4. The second kappa shape index (κ2) is 5.45. The van der Waals surface area contributed by atoms with Gasteiger partial charge in [-0.3, -0.25) is 0 Å². The number of allylic oxidation sites excluding steroid dienone is 1. The third-order valence-corrected chi connectivity index (χ3v) is 2.08. The van der Waals surface area contributed by atoms with Crippen molar-refractivity contribution in [2.45, 2.75) is 13.3 Å². The number of hydrogen-bond donors (Lipinski definition) is 1. The van der Waals surface area contributed by atoms with E-state index < -0.39 is 0 Å². The molecule has 1 N–H and O–H groups in total. The molecule has 0 aliphatic rings. The molecule has 3 heteroatoms. The molecule has 0 spiro atoms. The van der Waals surface area contributed by atoms with E-state index in [0.717, 1.165) is 5.56 Å². The van der Waals surface area contributed by atoms with Crippen molar-refractivity contribution in [3.63, 3.8) is 0 Å². The maximum Gasteiger partial charge on any atom is 0.0793 e. The molecular formula is C11H12ClNO. The van der Waals surface area contributed by atoms with Crippen LogP contribution < -0.4 is 0 Å². The minimum Gasteiger partial charge on any atom is -0.411 e. The van der Waals surface area contributed by atoms with Crippen molar-refractivity contribution >= 4 is 23.4 Å². The van der Waals surface area contributed by atoms with Gasteiger partial charge in [0.15, 0.2) is 0 Å². The summed E-state index contributed by atoms with van der Waals surface area (Å²) in [4.78, 5) is 0. The Kier molecular flexibility index (Phi) is 4.20. The first-order valence-corrected chi connectivity index (χ1v) is 4.78. The Morgan fingerprint density at radius 2 is 2.07 bits per heavy atom. The molecule has 0 aromatic heterocycles. The van der Waals surface area contributed by atoms with E-state index in [9.17, 15) is 0 Å². The van der Waals surface area contributed by atoms with Crippen LogP contribution in [0.15, 0.2) is 35.5 Å². The summed E-state index contributed by atoms with van der Waals surface area (Å²) < 4.78 is 0. The molecule has 0 aliphatic heterocycles. The fourth-order valence-electron chi connectivity index (χ4n) is 0.988. The summed E-state index contributed by atoms with van der Waals surface area (Å²) in [6, 6.07) is 7.46. The van der Waals surface area contributed by atoms with Crippen molar-refractivity contribution in [1.29, 1.82) is 0 Å². The molecule has 0 amide bonds. The van der Waals surface area contributed by atoms with E-state index >= 15 is 0 Å². The van der Waals surface area contributed by atoms with Crippen LogP contribution in [0.3, 0.4) is 0 Å². The Balaban J connectivity index is 2.73. The van der Waals surface area contributed by atoms with E-state index in [4.69, 9.17) is 16.8 Å². The van der Waals surface area contributed by atoms with Crippen LogP contribution in [0.1, 0.15) is 18.9 Å². The largest absolute Gasteiger partial charge is 0.411 e. The zero-order valence-corrected chi connectivity index (χ0v) is 8.70. The van der Waals surface area contributed by atoms with Crippen LogP contribution in [0.2, 0.25) is 5.02 Å². The summed E-state index contributed by atoms with van der Waals surface area (Å²) in [5.74, 6) is 0. The Hall–Kier alpha value is -1.28. The maximum atomic E-state index is 8.56. The summed E-state index contributed by atoms with van der Waals surface area (Å²) >= 11 is 5.74. The summed E-state index contributed by atoms with van der Waals surface area (Å²) in [5, 5.41) is 12.4. The molecule has 2 nitrogen and oxygen atoms in total. The third kappa shape index (κ3) is 3.23. The number of oxime groups is 1. The molecule has 14 heavy (non-hydrogen) atoms. The molecule has 74 valence electrons. The van der Waals surface area contributed by atoms with Crippen LogP contribution in [0.5, 0.6) is 0 Å². The Bertz CT molecular complexity index is 341. The van der Waals surface area contributed by atoms with Gasteiger partial charge in [0.2, 0.25) is 0 Å². The van der Waals surface area contributed by atoms with Gasteiger partial charge < -0.3 is 5.21 Å². The highest BCUT2D eigenvalue weighted by Gasteiger charge is 1.90. The lowest BCUT2D eigenvalue weighted by Crippen LogP contribution is -1.88. The summed E-state index contributed by atoms with van der Waals surface area (Å²) in [5.41, 5.74) is 1.68. The molecule has 1 aromatic carbocycles. The SMILES string of the molecule is CCC(/C=C/c1ccc(Cl)cc1)=N\O. The minimum absolute atomic E-state index is 0.653. The first-order chi connectivity index (χ1) is 6.76. The van der Waals surface area contributed by atoms with Crippen LogP contribution in [0.25, 0.3) is 6.08 Å². The molecule has 0 fully saturated rings. The van der Waals surface area contributed by atoms with E-state index in [1.54, 1.807) is 6.08 Å². The maximum absolute atomic E-state index is 8.56. The fourth-order valence-corrected chi connectivity index (χ4v) is 1.11. The Labute approximate surface area is 88.5 Å². The van der Waals surface area contributed by atoms with Gasteiger partial charge in [-0.05, 0) is 30.2 Å². The second-order valence-electron chi connectivity index (χ2n) is 2.83. The summed E-state index contributed by atoms with van der Waals surface area (Å²) in [7, 11) is 0. The van der Waals surface area contributed by atoms with Crippen LogP contribution >= 0.6 is 11.6 Å². The predicted octanol–water partition coefficient (Wildman–Crippen LogP) is 3.59. The van der Waals surface area contributed by atoms with Gasteiger partial charge >= 0.3 is 0 Å². The van der Waals surface area contributed by atoms with Crippen LogP contribution in [0, 0.1) is 0 Å².